The number of nitrogens with one attached hydrogen (secondary N) is 1. The molecule has 0 saturated carbocycles. The molecule has 1 atom stereocenters. The second-order valence-electron chi connectivity index (χ2n) is 5.55. The minimum atomic E-state index is -0.917. The first-order valence-corrected chi connectivity index (χ1v) is 8.03. The average molecular weight is 347 g/mol. The average Bonchev–Trinajstić information content (AvgIpc) is 3.02. The zero-order valence-corrected chi connectivity index (χ0v) is 14.2. The maximum atomic E-state index is 12.4. The van der Waals surface area contributed by atoms with E-state index in [-0.39, 0.29) is 19.1 Å². The van der Waals surface area contributed by atoms with Gasteiger partial charge in [-0.15, -0.1) is 0 Å². The van der Waals surface area contributed by atoms with Crippen LogP contribution in [0.5, 0.6) is 5.75 Å². The number of hydrogen-bond acceptors (Lipinski definition) is 6. The van der Waals surface area contributed by atoms with Crippen molar-refractivity contribution < 1.29 is 24.0 Å². The SMILES string of the molecule is CCCC(CNC(=O)c1ccccc1OCc1noc(C)n1)C(=O)O. The minimum absolute atomic E-state index is 0.0647. The van der Waals surface area contributed by atoms with Gasteiger partial charge in [0.1, 0.15) is 5.75 Å². The number of amides is 1. The zero-order chi connectivity index (χ0) is 18.2. The molecule has 0 fully saturated rings. The maximum Gasteiger partial charge on any atom is 0.308 e. The lowest BCUT2D eigenvalue weighted by Crippen LogP contribution is -2.33. The molecule has 0 aliphatic carbocycles. The van der Waals surface area contributed by atoms with Gasteiger partial charge in [-0.2, -0.15) is 4.98 Å². The van der Waals surface area contributed by atoms with Crippen LogP contribution in [0.25, 0.3) is 0 Å². The number of nitrogens with zero attached hydrogens (tertiary/aromatic N) is 2. The van der Waals surface area contributed by atoms with Crippen LogP contribution < -0.4 is 10.1 Å². The third-order valence-electron chi connectivity index (χ3n) is 3.55. The van der Waals surface area contributed by atoms with E-state index >= 15 is 0 Å². The van der Waals surface area contributed by atoms with Gasteiger partial charge < -0.3 is 19.7 Å². The lowest BCUT2D eigenvalue weighted by molar-refractivity contribution is -0.141. The Kier molecular flexibility index (Phi) is 6.50. The summed E-state index contributed by atoms with van der Waals surface area (Å²) < 4.78 is 10.5. The molecule has 1 unspecified atom stereocenters. The number of carboxylic acid groups (broad SMARTS) is 1. The van der Waals surface area contributed by atoms with Crippen LogP contribution in [-0.2, 0) is 11.4 Å². The quantitative estimate of drug-likeness (QED) is 0.714. The molecule has 2 N–H and O–H groups in total. The molecular weight excluding hydrogens is 326 g/mol. The number of para-hydroxylation sites is 1. The second kappa shape index (κ2) is 8.81. The first-order valence-electron chi connectivity index (χ1n) is 8.03. The summed E-state index contributed by atoms with van der Waals surface area (Å²) >= 11 is 0. The Morgan fingerprint density at radius 1 is 1.36 bits per heavy atom. The normalized spacial score (nSPS) is 11.8. The van der Waals surface area contributed by atoms with Gasteiger partial charge in [0.15, 0.2) is 6.61 Å². The van der Waals surface area contributed by atoms with E-state index in [1.54, 1.807) is 31.2 Å². The molecule has 1 amide bonds. The van der Waals surface area contributed by atoms with Gasteiger partial charge >= 0.3 is 5.97 Å². The largest absolute Gasteiger partial charge is 0.485 e. The van der Waals surface area contributed by atoms with Gasteiger partial charge in [-0.25, -0.2) is 0 Å². The van der Waals surface area contributed by atoms with Gasteiger partial charge in [0.25, 0.3) is 5.91 Å². The number of carbonyl (C=O) groups is 2. The van der Waals surface area contributed by atoms with E-state index in [9.17, 15) is 9.59 Å². The fourth-order valence-electron chi connectivity index (χ4n) is 2.29. The molecular formula is C17H21N3O5. The van der Waals surface area contributed by atoms with Crippen LogP contribution in [0.1, 0.15) is 41.8 Å². The van der Waals surface area contributed by atoms with Gasteiger partial charge in [0.05, 0.1) is 11.5 Å². The number of rotatable bonds is 9. The molecule has 1 aromatic carbocycles. The van der Waals surface area contributed by atoms with E-state index in [1.807, 2.05) is 6.92 Å². The van der Waals surface area contributed by atoms with Gasteiger partial charge in [0.2, 0.25) is 11.7 Å². The van der Waals surface area contributed by atoms with Crippen molar-refractivity contribution in [2.75, 3.05) is 6.54 Å². The molecule has 0 saturated heterocycles. The predicted octanol–water partition coefficient (Wildman–Crippen LogP) is 2.19. The number of ether oxygens (including phenoxy) is 1. The van der Waals surface area contributed by atoms with Crippen molar-refractivity contribution >= 4 is 11.9 Å². The van der Waals surface area contributed by atoms with Crippen LogP contribution in [-0.4, -0.2) is 33.7 Å². The molecule has 0 bridgehead atoms. The fraction of sp³-hybridized carbons (Fsp3) is 0.412. The summed E-state index contributed by atoms with van der Waals surface area (Å²) in [4.78, 5) is 27.6. The van der Waals surface area contributed by atoms with Gasteiger partial charge in [-0.1, -0.05) is 30.6 Å². The second-order valence-corrected chi connectivity index (χ2v) is 5.55. The summed E-state index contributed by atoms with van der Waals surface area (Å²) in [7, 11) is 0. The maximum absolute atomic E-state index is 12.4. The summed E-state index contributed by atoms with van der Waals surface area (Å²) in [5, 5.41) is 15.5. The van der Waals surface area contributed by atoms with Gasteiger partial charge in [-0.05, 0) is 18.6 Å². The van der Waals surface area contributed by atoms with E-state index in [4.69, 9.17) is 14.4 Å². The topological polar surface area (TPSA) is 115 Å². The molecule has 2 rings (SSSR count). The van der Waals surface area contributed by atoms with Crippen LogP contribution >= 0.6 is 0 Å². The molecule has 0 spiro atoms. The van der Waals surface area contributed by atoms with Crippen molar-refractivity contribution in [3.8, 4) is 5.75 Å². The molecule has 25 heavy (non-hydrogen) atoms. The van der Waals surface area contributed by atoms with Crippen molar-refractivity contribution in [1.82, 2.24) is 15.5 Å². The number of hydrogen-bond donors (Lipinski definition) is 2. The van der Waals surface area contributed by atoms with Crippen LogP contribution in [0.2, 0.25) is 0 Å². The minimum Gasteiger partial charge on any atom is -0.485 e. The standard InChI is InChI=1S/C17H21N3O5/c1-3-6-12(17(22)23)9-18-16(21)13-7-4-5-8-14(13)24-10-15-19-11(2)25-20-15/h4-5,7-8,12H,3,6,9-10H2,1-2H3,(H,18,21)(H,22,23). The van der Waals surface area contributed by atoms with Crippen LogP contribution in [0.15, 0.2) is 28.8 Å². The number of aromatic nitrogens is 2. The summed E-state index contributed by atoms with van der Waals surface area (Å²) in [6.45, 7) is 3.71. The molecule has 1 aromatic heterocycles. The van der Waals surface area contributed by atoms with E-state index in [2.05, 4.69) is 15.5 Å². The number of aryl methyl sites for hydroxylation is 1. The molecule has 0 aliphatic rings. The molecule has 134 valence electrons. The van der Waals surface area contributed by atoms with Crippen molar-refractivity contribution in [3.63, 3.8) is 0 Å². The Balaban J connectivity index is 2.00. The van der Waals surface area contributed by atoms with Gasteiger partial charge in [0, 0.05) is 13.5 Å². The van der Waals surface area contributed by atoms with Crippen molar-refractivity contribution in [2.24, 2.45) is 5.92 Å². The predicted molar refractivity (Wildman–Crippen MR) is 88.2 cm³/mol. The van der Waals surface area contributed by atoms with Crippen LogP contribution in [0.4, 0.5) is 0 Å². The highest BCUT2D eigenvalue weighted by molar-refractivity contribution is 5.97. The molecule has 8 heteroatoms. The Morgan fingerprint density at radius 2 is 2.12 bits per heavy atom. The number of carbonyl (C=O) groups excluding carboxylic acids is 1. The summed E-state index contributed by atoms with van der Waals surface area (Å²) in [5.41, 5.74) is 0.323. The third kappa shape index (κ3) is 5.30. The molecule has 1 heterocycles. The van der Waals surface area contributed by atoms with E-state index in [0.29, 0.717) is 29.4 Å². The fourth-order valence-corrected chi connectivity index (χ4v) is 2.29. The summed E-state index contributed by atoms with van der Waals surface area (Å²) in [5.74, 6) is -0.738. The first kappa shape index (κ1) is 18.4. The number of aliphatic carboxylic acids is 1. The van der Waals surface area contributed by atoms with E-state index in [0.717, 1.165) is 6.42 Å². The molecule has 8 nitrogen and oxygen atoms in total. The Bertz CT molecular complexity index is 729. The highest BCUT2D eigenvalue weighted by atomic mass is 16.5. The van der Waals surface area contributed by atoms with E-state index < -0.39 is 11.9 Å². The van der Waals surface area contributed by atoms with E-state index in [1.165, 1.54) is 0 Å². The van der Waals surface area contributed by atoms with Crippen LogP contribution in [0.3, 0.4) is 0 Å². The zero-order valence-electron chi connectivity index (χ0n) is 14.2. The smallest absolute Gasteiger partial charge is 0.308 e. The molecule has 0 aliphatic heterocycles. The number of carboxylic acids is 1. The number of benzene rings is 1. The summed E-state index contributed by atoms with van der Waals surface area (Å²) in [6, 6.07) is 6.72. The van der Waals surface area contributed by atoms with Crippen molar-refractivity contribution in [2.45, 2.75) is 33.3 Å². The lowest BCUT2D eigenvalue weighted by Gasteiger charge is -2.14. The molecule has 2 aromatic rings. The van der Waals surface area contributed by atoms with Gasteiger partial charge in [-0.3, -0.25) is 9.59 Å². The Morgan fingerprint density at radius 3 is 2.76 bits per heavy atom. The highest BCUT2D eigenvalue weighted by Gasteiger charge is 2.19. The van der Waals surface area contributed by atoms with Crippen LogP contribution in [0, 0.1) is 12.8 Å². The monoisotopic (exact) mass is 347 g/mol. The lowest BCUT2D eigenvalue weighted by atomic mass is 10.0. The highest BCUT2D eigenvalue weighted by Crippen LogP contribution is 2.19. The van der Waals surface area contributed by atoms with Crippen molar-refractivity contribution in [3.05, 3.63) is 41.5 Å². The Labute approximate surface area is 145 Å². The van der Waals surface area contributed by atoms with Crippen molar-refractivity contribution in [1.29, 1.82) is 0 Å². The molecule has 0 radical (unpaired) electrons. The Hall–Kier alpha value is -2.90. The first-order chi connectivity index (χ1) is 12.0. The summed E-state index contributed by atoms with van der Waals surface area (Å²) in [6.07, 6.45) is 1.24. The third-order valence-corrected chi connectivity index (χ3v) is 3.55.